The molecule has 4 heterocycles. The second-order valence-corrected chi connectivity index (χ2v) is 8.47. The maximum absolute atomic E-state index is 12.5. The van der Waals surface area contributed by atoms with Gasteiger partial charge in [-0.05, 0) is 30.3 Å². The third-order valence-electron chi connectivity index (χ3n) is 4.91. The molecule has 1 fully saturated rings. The summed E-state index contributed by atoms with van der Waals surface area (Å²) in [6.07, 6.45) is 3.41. The number of hydrogen-bond donors (Lipinski definition) is 0. The van der Waals surface area contributed by atoms with Crippen LogP contribution in [0.4, 0.5) is 0 Å². The van der Waals surface area contributed by atoms with E-state index < -0.39 is 0 Å². The van der Waals surface area contributed by atoms with Gasteiger partial charge in [-0.3, -0.25) is 19.5 Å². The minimum atomic E-state index is -0.119. The van der Waals surface area contributed by atoms with E-state index in [1.165, 1.54) is 16.0 Å². The van der Waals surface area contributed by atoms with Gasteiger partial charge in [-0.15, -0.1) is 11.3 Å². The lowest BCUT2D eigenvalue weighted by molar-refractivity contribution is 0.0636. The Morgan fingerprint density at radius 3 is 2.45 bits per heavy atom. The molecule has 150 valence electrons. The van der Waals surface area contributed by atoms with E-state index in [1.54, 1.807) is 36.7 Å². The number of carbonyl (C=O) groups excluding carboxylic acids is 1. The van der Waals surface area contributed by atoms with Crippen LogP contribution < -0.4 is 5.56 Å². The van der Waals surface area contributed by atoms with Gasteiger partial charge < -0.3 is 4.90 Å². The molecule has 9 heteroatoms. The van der Waals surface area contributed by atoms with Crippen molar-refractivity contribution in [1.82, 2.24) is 24.6 Å². The van der Waals surface area contributed by atoms with E-state index in [-0.39, 0.29) is 11.5 Å². The predicted molar refractivity (Wildman–Crippen MR) is 113 cm³/mol. The number of rotatable bonds is 5. The molecule has 0 aromatic carbocycles. The summed E-state index contributed by atoms with van der Waals surface area (Å²) in [5.74, 6) is 0.0319. The summed E-state index contributed by atoms with van der Waals surface area (Å²) in [5.41, 5.74) is 1.55. The van der Waals surface area contributed by atoms with Gasteiger partial charge in [0.15, 0.2) is 0 Å². The number of hydrogen-bond acceptors (Lipinski definition) is 6. The number of halogens is 1. The molecule has 7 nitrogen and oxygen atoms in total. The van der Waals surface area contributed by atoms with E-state index in [2.05, 4.69) is 15.0 Å². The molecule has 0 unspecified atom stereocenters. The second kappa shape index (κ2) is 8.86. The highest BCUT2D eigenvalue weighted by Crippen LogP contribution is 2.23. The van der Waals surface area contributed by atoms with Gasteiger partial charge in [0.2, 0.25) is 0 Å². The highest BCUT2D eigenvalue weighted by Gasteiger charge is 2.23. The molecule has 0 spiro atoms. The summed E-state index contributed by atoms with van der Waals surface area (Å²) in [6.45, 7) is 4.07. The van der Waals surface area contributed by atoms with Crippen LogP contribution in [0.3, 0.4) is 0 Å². The van der Waals surface area contributed by atoms with Crippen molar-refractivity contribution in [2.45, 2.75) is 6.54 Å². The highest BCUT2D eigenvalue weighted by atomic mass is 35.5. The molecule has 0 radical (unpaired) electrons. The Kier molecular flexibility index (Phi) is 6.03. The number of carbonyl (C=O) groups is 1. The minimum absolute atomic E-state index is 0.0319. The van der Waals surface area contributed by atoms with Crippen molar-refractivity contribution in [3.63, 3.8) is 0 Å². The number of thiophene rings is 1. The van der Waals surface area contributed by atoms with Crippen LogP contribution in [0.25, 0.3) is 11.3 Å². The Morgan fingerprint density at radius 2 is 1.76 bits per heavy atom. The SMILES string of the molecule is O=C(c1ccc(Cl)s1)N1CCN(CCn2nc(-c3ccncc3)ccc2=O)CC1. The average Bonchev–Trinajstić information content (AvgIpc) is 3.20. The first-order chi connectivity index (χ1) is 14.1. The Hall–Kier alpha value is -2.55. The van der Waals surface area contributed by atoms with Crippen molar-refractivity contribution < 1.29 is 4.79 Å². The van der Waals surface area contributed by atoms with Crippen molar-refractivity contribution >= 4 is 28.8 Å². The van der Waals surface area contributed by atoms with Crippen LogP contribution in [0.2, 0.25) is 4.34 Å². The Morgan fingerprint density at radius 1 is 1.00 bits per heavy atom. The monoisotopic (exact) mass is 429 g/mol. The van der Waals surface area contributed by atoms with Crippen LogP contribution >= 0.6 is 22.9 Å². The van der Waals surface area contributed by atoms with Crippen LogP contribution in [0.15, 0.2) is 53.6 Å². The molecule has 0 saturated carbocycles. The van der Waals surface area contributed by atoms with Crippen LogP contribution in [0.5, 0.6) is 0 Å². The maximum atomic E-state index is 12.5. The van der Waals surface area contributed by atoms with Crippen LogP contribution in [-0.4, -0.2) is 63.2 Å². The topological polar surface area (TPSA) is 71.3 Å². The highest BCUT2D eigenvalue weighted by molar-refractivity contribution is 7.17. The summed E-state index contributed by atoms with van der Waals surface area (Å²) in [7, 11) is 0. The van der Waals surface area contributed by atoms with Crippen molar-refractivity contribution in [3.05, 3.63) is 68.4 Å². The van der Waals surface area contributed by atoms with Crippen molar-refractivity contribution in [3.8, 4) is 11.3 Å². The largest absolute Gasteiger partial charge is 0.335 e. The fourth-order valence-electron chi connectivity index (χ4n) is 3.28. The molecule has 1 saturated heterocycles. The van der Waals surface area contributed by atoms with Crippen LogP contribution in [0.1, 0.15) is 9.67 Å². The van der Waals surface area contributed by atoms with Gasteiger partial charge in [0.25, 0.3) is 11.5 Å². The predicted octanol–water partition coefficient (Wildman–Crippen LogP) is 2.48. The molecule has 1 aliphatic heterocycles. The minimum Gasteiger partial charge on any atom is -0.335 e. The van der Waals surface area contributed by atoms with Gasteiger partial charge in [0.1, 0.15) is 0 Å². The second-order valence-electron chi connectivity index (χ2n) is 6.75. The number of amides is 1. The molecule has 0 atom stereocenters. The fraction of sp³-hybridized carbons (Fsp3) is 0.300. The number of nitrogens with zero attached hydrogens (tertiary/aromatic N) is 5. The van der Waals surface area contributed by atoms with E-state index in [4.69, 9.17) is 11.6 Å². The molecule has 0 aliphatic carbocycles. The molecule has 1 aliphatic rings. The zero-order valence-electron chi connectivity index (χ0n) is 15.7. The van der Waals surface area contributed by atoms with E-state index in [1.807, 2.05) is 17.0 Å². The lowest BCUT2D eigenvalue weighted by atomic mass is 10.2. The van der Waals surface area contributed by atoms with E-state index >= 15 is 0 Å². The first-order valence-electron chi connectivity index (χ1n) is 9.36. The summed E-state index contributed by atoms with van der Waals surface area (Å²) in [5, 5.41) is 4.49. The number of piperazine rings is 1. The number of aromatic nitrogens is 3. The molecule has 1 amide bonds. The van der Waals surface area contributed by atoms with Gasteiger partial charge >= 0.3 is 0 Å². The third-order valence-corrected chi connectivity index (χ3v) is 6.13. The Labute approximate surface area is 177 Å². The van der Waals surface area contributed by atoms with E-state index in [0.717, 1.165) is 24.3 Å². The van der Waals surface area contributed by atoms with Crippen molar-refractivity contribution in [1.29, 1.82) is 0 Å². The van der Waals surface area contributed by atoms with Gasteiger partial charge in [-0.2, -0.15) is 5.10 Å². The third kappa shape index (κ3) is 4.72. The van der Waals surface area contributed by atoms with Crippen LogP contribution in [0, 0.1) is 0 Å². The molecular formula is C20H20ClN5O2S. The first kappa shape index (κ1) is 19.8. The van der Waals surface area contributed by atoms with Gasteiger partial charge in [-0.1, -0.05) is 11.6 Å². The summed E-state index contributed by atoms with van der Waals surface area (Å²) < 4.78 is 2.12. The van der Waals surface area contributed by atoms with E-state index in [9.17, 15) is 9.59 Å². The zero-order valence-corrected chi connectivity index (χ0v) is 17.3. The molecule has 3 aromatic heterocycles. The smallest absolute Gasteiger partial charge is 0.266 e. The fourth-order valence-corrected chi connectivity index (χ4v) is 4.29. The lowest BCUT2D eigenvalue weighted by Crippen LogP contribution is -2.49. The summed E-state index contributed by atoms with van der Waals surface area (Å²) in [6, 6.07) is 10.5. The average molecular weight is 430 g/mol. The summed E-state index contributed by atoms with van der Waals surface area (Å²) in [4.78, 5) is 33.5. The van der Waals surface area contributed by atoms with Gasteiger partial charge in [-0.25, -0.2) is 4.68 Å². The molecule has 29 heavy (non-hydrogen) atoms. The van der Waals surface area contributed by atoms with Crippen molar-refractivity contribution in [2.75, 3.05) is 32.7 Å². The van der Waals surface area contributed by atoms with Crippen molar-refractivity contribution in [2.24, 2.45) is 0 Å². The molecule has 0 bridgehead atoms. The maximum Gasteiger partial charge on any atom is 0.266 e. The standard InChI is InChI=1S/C20H20ClN5O2S/c21-18-3-2-17(29-18)20(28)25-12-9-24(10-13-25)11-14-26-19(27)4-1-16(23-26)15-5-7-22-8-6-15/h1-8H,9-14H2. The molecule has 4 rings (SSSR count). The molecule has 3 aromatic rings. The normalized spacial score (nSPS) is 14.9. The Bertz CT molecular complexity index is 1040. The zero-order chi connectivity index (χ0) is 20.2. The molecular weight excluding hydrogens is 410 g/mol. The first-order valence-corrected chi connectivity index (χ1v) is 10.5. The van der Waals surface area contributed by atoms with Gasteiger partial charge in [0, 0.05) is 56.7 Å². The number of pyridine rings is 1. The molecule has 0 N–H and O–H groups in total. The van der Waals surface area contributed by atoms with E-state index in [0.29, 0.717) is 35.4 Å². The lowest BCUT2D eigenvalue weighted by Gasteiger charge is -2.34. The summed E-state index contributed by atoms with van der Waals surface area (Å²) >= 11 is 7.24. The van der Waals surface area contributed by atoms with Gasteiger partial charge in [0.05, 0.1) is 21.5 Å². The quantitative estimate of drug-likeness (QED) is 0.623. The Balaban J connectivity index is 1.34. The van der Waals surface area contributed by atoms with Crippen LogP contribution in [-0.2, 0) is 6.54 Å².